The summed E-state index contributed by atoms with van der Waals surface area (Å²) >= 11 is 6.06. The first-order valence-electron chi connectivity index (χ1n) is 41.0. The quantitative estimate of drug-likeness (QED) is 0.0121. The van der Waals surface area contributed by atoms with E-state index in [0.29, 0.717) is 112 Å². The van der Waals surface area contributed by atoms with Gasteiger partial charge < -0.3 is 70.1 Å². The first-order chi connectivity index (χ1) is 61.7. The van der Waals surface area contributed by atoms with Crippen molar-refractivity contribution in [1.82, 2.24) is 68.9 Å². The molecule has 0 bridgehead atoms. The van der Waals surface area contributed by atoms with Gasteiger partial charge in [-0.25, -0.2) is 33.6 Å². The van der Waals surface area contributed by atoms with Crippen molar-refractivity contribution in [1.29, 1.82) is 0 Å². The van der Waals surface area contributed by atoms with Crippen molar-refractivity contribution in [2.45, 2.75) is 141 Å². The number of hydrogen-bond donors (Lipinski definition) is 8. The number of halogens is 3. The topological polar surface area (TPSA) is 503 Å². The van der Waals surface area contributed by atoms with E-state index in [-0.39, 0.29) is 179 Å². The number of carbonyl (C=O) groups excluding carboxylic acids is 5. The Hall–Kier alpha value is -8.61. The smallest absolute Gasteiger partial charge is 0.870 e. The van der Waals surface area contributed by atoms with Crippen molar-refractivity contribution >= 4 is 135 Å². The molecule has 0 aliphatic rings. The number of benzene rings is 6. The Morgan fingerprint density at radius 3 is 0.812 bits per heavy atom. The third-order valence-electron chi connectivity index (χ3n) is 17.0. The molecule has 0 fully saturated rings. The number of rotatable bonds is 24. The minimum Gasteiger partial charge on any atom is -0.870 e. The van der Waals surface area contributed by atoms with Crippen LogP contribution in [0.15, 0.2) is 225 Å². The molecule has 0 spiro atoms. The van der Waals surface area contributed by atoms with E-state index in [1.54, 1.807) is 148 Å². The molecule has 0 atom stereocenters. The number of carboxylic acid groups (broad SMARTS) is 2. The van der Waals surface area contributed by atoms with Gasteiger partial charge in [-0.3, -0.25) is 33.2 Å². The van der Waals surface area contributed by atoms with Crippen LogP contribution < -0.4 is 114 Å². The van der Waals surface area contributed by atoms with E-state index in [1.807, 2.05) is 270 Å². The van der Waals surface area contributed by atoms with Gasteiger partial charge in [-0.1, -0.05) is 182 Å². The summed E-state index contributed by atoms with van der Waals surface area (Å²) in [4.78, 5) is 80.0. The van der Waals surface area contributed by atoms with Gasteiger partial charge in [-0.2, -0.15) is 35.7 Å². The second-order valence-corrected chi connectivity index (χ2v) is 30.7. The summed E-state index contributed by atoms with van der Waals surface area (Å²) in [6, 6.07) is 56.2. The normalized spacial score (nSPS) is 9.86. The van der Waals surface area contributed by atoms with Crippen LogP contribution in [0.5, 0.6) is 0 Å². The van der Waals surface area contributed by atoms with E-state index in [2.05, 4.69) is 40.8 Å². The van der Waals surface area contributed by atoms with E-state index in [9.17, 15) is 33.6 Å². The van der Waals surface area contributed by atoms with Crippen LogP contribution in [0.3, 0.4) is 0 Å². The summed E-state index contributed by atoms with van der Waals surface area (Å²) in [5, 5.41) is 91.8. The van der Waals surface area contributed by atoms with Gasteiger partial charge in [-0.15, -0.1) is 0 Å². The average Bonchev–Trinajstić information content (AvgIpc) is 1.65. The molecule has 35 nitrogen and oxygen atoms in total. The van der Waals surface area contributed by atoms with Crippen LogP contribution in [0.4, 0.5) is 0 Å². The molecule has 10 N–H and O–H groups in total. The van der Waals surface area contributed by atoms with Gasteiger partial charge in [0.15, 0.2) is 0 Å². The molecular formula is C91H113B2I3K2N14O21. The van der Waals surface area contributed by atoms with Crippen molar-refractivity contribution < 1.29 is 206 Å². The zero-order valence-electron chi connectivity index (χ0n) is 77.6. The Morgan fingerprint density at radius 2 is 0.564 bits per heavy atom. The minimum atomic E-state index is -1.34. The van der Waals surface area contributed by atoms with Gasteiger partial charge in [0.2, 0.25) is 0 Å². The molecule has 7 aromatic heterocycles. The molecule has 0 amide bonds. The number of aromatic nitrogens is 14. The average molecular weight is 2220 g/mol. The Morgan fingerprint density at radius 1 is 0.338 bits per heavy atom. The molecular weight excluding hydrogens is 2110 g/mol. The van der Waals surface area contributed by atoms with Crippen LogP contribution in [0.25, 0.3) is 45.0 Å². The monoisotopic (exact) mass is 2220 g/mol. The molecule has 0 saturated carbocycles. The number of H-pyrrole nitrogens is 1. The second-order valence-electron chi connectivity index (χ2n) is 27.6. The number of carbonyl (C=O) groups is 7. The molecule has 702 valence electrons. The Bertz CT molecular complexity index is 5410. The summed E-state index contributed by atoms with van der Waals surface area (Å²) in [6.07, 6.45) is 11.5. The zero-order chi connectivity index (χ0) is 95.8. The predicted molar refractivity (Wildman–Crippen MR) is 523 cm³/mol. The molecule has 0 saturated heterocycles. The molecule has 0 radical (unpaired) electrons. The summed E-state index contributed by atoms with van der Waals surface area (Å²) < 4.78 is 37.2. The van der Waals surface area contributed by atoms with Crippen LogP contribution in [-0.4, -0.2) is 211 Å². The molecule has 13 rings (SSSR count). The fourth-order valence-electron chi connectivity index (χ4n) is 10.6. The number of esters is 5. The van der Waals surface area contributed by atoms with E-state index in [1.165, 1.54) is 6.20 Å². The van der Waals surface area contributed by atoms with Crippen LogP contribution >= 0.6 is 67.8 Å². The number of aromatic carboxylic acids is 2. The maximum Gasteiger partial charge on any atom is 1.00 e. The van der Waals surface area contributed by atoms with Crippen molar-refractivity contribution in [3.8, 4) is 45.0 Å². The maximum atomic E-state index is 12.0. The molecule has 6 aromatic carbocycles. The fourth-order valence-corrected chi connectivity index (χ4v) is 12.3. The number of ether oxygens (including phenoxy) is 5. The SMILES string of the molecule is CC(C)n1cc(C(=O)O)c(-c2ccccc2)n1.CCOC(=O)c1cn(C(C)C)nc1-c1ccccc1.CCOC(=O)c1cn(C(C)C)nc1I.CCOC(=O)c1cn(C(C)C)nc1I.CCOC(=O)c1cn(CC)nc1-c1ccccc1.CCOC(=O)c1cn[nH]c1I.CCn1cc(C(=O)O)c(-c2ccccc2)n1.CO.OB(O)c1ccccc1.OB(O)c1ccccc1.[K+].[K+].[OH-].[OH-]. The van der Waals surface area contributed by atoms with Crippen molar-refractivity contribution in [3.05, 3.63) is 275 Å². The predicted octanol–water partition coefficient (Wildman–Crippen LogP) is 8.83. The Labute approximate surface area is 900 Å². The fraction of sp³-hybridized carbons (Fsp3) is 0.297. The van der Waals surface area contributed by atoms with E-state index < -0.39 is 26.2 Å². The van der Waals surface area contributed by atoms with Gasteiger partial charge >= 0.3 is 159 Å². The number of aryl methyl sites for hydroxylation is 2. The van der Waals surface area contributed by atoms with E-state index in [0.717, 1.165) is 35.9 Å². The summed E-state index contributed by atoms with van der Waals surface area (Å²) in [6.45, 7) is 32.2. The van der Waals surface area contributed by atoms with Crippen molar-refractivity contribution in [2.75, 3.05) is 40.1 Å². The van der Waals surface area contributed by atoms with Gasteiger partial charge in [0.25, 0.3) is 0 Å². The van der Waals surface area contributed by atoms with Crippen LogP contribution in [0.2, 0.25) is 0 Å². The minimum absolute atomic E-state index is 0. The molecule has 133 heavy (non-hydrogen) atoms. The first kappa shape index (κ1) is 124. The van der Waals surface area contributed by atoms with E-state index >= 15 is 0 Å². The summed E-state index contributed by atoms with van der Waals surface area (Å²) in [5.74, 6) is -3.48. The van der Waals surface area contributed by atoms with Crippen LogP contribution in [0, 0.1) is 11.1 Å². The molecule has 13 aromatic rings. The first-order valence-corrected chi connectivity index (χ1v) is 44.2. The molecule has 0 unspecified atom stereocenters. The second kappa shape index (κ2) is 67.6. The number of aliphatic hydroxyl groups excluding tert-OH is 1. The number of carboxylic acids is 2. The van der Waals surface area contributed by atoms with Crippen molar-refractivity contribution in [2.24, 2.45) is 0 Å². The Balaban J connectivity index is 0.00000148. The van der Waals surface area contributed by atoms with Gasteiger partial charge in [0.1, 0.15) is 72.8 Å². The van der Waals surface area contributed by atoms with Crippen LogP contribution in [0.1, 0.15) is 201 Å². The Kier molecular flexibility index (Phi) is 63.2. The molecule has 0 aliphatic heterocycles. The number of nitrogens with zero attached hydrogens (tertiary/aromatic N) is 13. The summed E-state index contributed by atoms with van der Waals surface area (Å²) in [5.41, 5.74) is 10.0. The molecule has 42 heteroatoms. The largest absolute Gasteiger partial charge is 1.00 e. The number of aromatic amines is 1. The molecule has 0 aliphatic carbocycles. The standard InChI is InChI=1S/C15H18N2O2.C14H16N2O2.C13H14N2O2.C12H12N2O2.2C9H13IN2O2.2C6H7BO2.C6H7IN2O2.CH4O.2K.2H2O/c1-4-19-15(18)13-10-17(11(2)3)16-14(13)12-8-6-5-7-9-12;1-3-16-10-12(14(17)18-4-2)13(15-16)11-8-6-5-7-9-11;1-9(2)15-8-11(13(16)17)12(14-15)10-6-4-3-5-7-10;1-2-14-8-10(12(15)16)11(13-14)9-6-4-3-5-7-9;2*1-4-14-9(13)7-5-12(6(2)3)11-8(7)10;2*8-7(9)6-4-2-1-3-5-6;1-2-11-6(10)4-3-8-9-5(4)7;1-2;;;;/h5-11H,4H2,1-3H3;5-10H,3-4H2,1-2H3;3-9H,1-2H3,(H,16,17);3-8H,2H2,1H3,(H,15,16);2*5-6H,4H2,1-3H3;2*1-5,8-9H;3H,2H2,1H3,(H,8,9);2H,1H3;;;2*1H2/q;;;;;;;;;;2*+1;;/p-2. The van der Waals surface area contributed by atoms with Gasteiger partial charge in [-0.05, 0) is 183 Å². The van der Waals surface area contributed by atoms with E-state index in [4.69, 9.17) is 59.1 Å². The van der Waals surface area contributed by atoms with Gasteiger partial charge in [0.05, 0.1) is 39.2 Å². The maximum absolute atomic E-state index is 12.0. The number of aliphatic hydroxyl groups is 1. The van der Waals surface area contributed by atoms with Crippen molar-refractivity contribution in [3.63, 3.8) is 0 Å². The van der Waals surface area contributed by atoms with Crippen LogP contribution in [-0.2, 0) is 36.8 Å². The third kappa shape index (κ3) is 41.9. The van der Waals surface area contributed by atoms with Gasteiger partial charge in [0, 0.05) is 104 Å². The summed E-state index contributed by atoms with van der Waals surface area (Å²) in [7, 11) is -1.68. The number of hydrogen-bond acceptors (Lipinski definition) is 26. The third-order valence-corrected chi connectivity index (χ3v) is 19.5. The zero-order valence-corrected chi connectivity index (χ0v) is 90.4. The number of nitrogens with one attached hydrogen (secondary N) is 1. The molecule has 7 heterocycles.